The lowest BCUT2D eigenvalue weighted by molar-refractivity contribution is -0.158. The fourth-order valence-electron chi connectivity index (χ4n) is 1.47. The van der Waals surface area contributed by atoms with Crippen LogP contribution in [0.15, 0.2) is 0 Å². The van der Waals surface area contributed by atoms with Crippen LogP contribution < -0.4 is 5.32 Å². The predicted octanol–water partition coefficient (Wildman–Crippen LogP) is 1.19. The van der Waals surface area contributed by atoms with Crippen molar-refractivity contribution in [2.24, 2.45) is 0 Å². The molecule has 12 heavy (non-hydrogen) atoms. The molecule has 0 unspecified atom stereocenters. The van der Waals surface area contributed by atoms with E-state index >= 15 is 0 Å². The van der Waals surface area contributed by atoms with Gasteiger partial charge < -0.3 is 4.90 Å². The molecule has 1 N–H and O–H groups in total. The van der Waals surface area contributed by atoms with Gasteiger partial charge >= 0.3 is 6.30 Å². The van der Waals surface area contributed by atoms with Crippen molar-refractivity contribution in [1.29, 1.82) is 0 Å². The number of alkyl halides is 3. The van der Waals surface area contributed by atoms with Gasteiger partial charge in [-0.1, -0.05) is 0 Å². The zero-order chi connectivity index (χ0) is 9.19. The van der Waals surface area contributed by atoms with E-state index in [4.69, 9.17) is 0 Å². The summed E-state index contributed by atoms with van der Waals surface area (Å²) in [4.78, 5) is 1.96. The third kappa shape index (κ3) is 2.98. The minimum atomic E-state index is -4.23. The largest absolute Gasteiger partial charge is 0.457 e. The predicted molar refractivity (Wildman–Crippen MR) is 39.7 cm³/mol. The summed E-state index contributed by atoms with van der Waals surface area (Å²) in [5.41, 5.74) is 0. The molecule has 1 heterocycles. The summed E-state index contributed by atoms with van der Waals surface area (Å²) in [5, 5.41) is 1.55. The summed E-state index contributed by atoms with van der Waals surface area (Å²) in [6, 6.07) is 0.0478. The van der Waals surface area contributed by atoms with E-state index < -0.39 is 6.30 Å². The lowest BCUT2D eigenvalue weighted by atomic mass is 10.2. The van der Waals surface area contributed by atoms with Crippen molar-refractivity contribution >= 4 is 0 Å². The molecule has 0 aromatic carbocycles. The molecule has 0 radical (unpaired) electrons. The van der Waals surface area contributed by atoms with Crippen LogP contribution in [0, 0.1) is 0 Å². The zero-order valence-corrected chi connectivity index (χ0v) is 6.99. The molecule has 0 spiro atoms. The van der Waals surface area contributed by atoms with Crippen molar-refractivity contribution in [1.82, 2.24) is 10.2 Å². The normalized spacial score (nSPS) is 26.5. The molecular weight excluding hydrogens is 169 g/mol. The van der Waals surface area contributed by atoms with E-state index in [0.29, 0.717) is 0 Å². The molecule has 1 fully saturated rings. The van der Waals surface area contributed by atoms with Crippen LogP contribution >= 0.6 is 0 Å². The minimum absolute atomic E-state index is 0.0139. The van der Waals surface area contributed by atoms with Gasteiger partial charge in [-0.3, -0.25) is 0 Å². The van der Waals surface area contributed by atoms with E-state index in [2.05, 4.69) is 0 Å². The number of nitrogens with zero attached hydrogens (tertiary/aromatic N) is 1. The number of likely N-dealkylation sites (N-methyl/N-ethyl adjacent to an activating group) is 1. The zero-order valence-electron chi connectivity index (χ0n) is 6.99. The summed E-state index contributed by atoms with van der Waals surface area (Å²) < 4.78 is 35.1. The van der Waals surface area contributed by atoms with Gasteiger partial charge in [-0.15, -0.1) is 0 Å². The monoisotopic (exact) mass is 182 g/mol. The Bertz CT molecular complexity index is 146. The maximum atomic E-state index is 11.7. The highest BCUT2D eigenvalue weighted by Gasteiger charge is 2.30. The van der Waals surface area contributed by atoms with Crippen LogP contribution in [0.3, 0.4) is 0 Å². The summed E-state index contributed by atoms with van der Waals surface area (Å²) in [5.74, 6) is 0. The standard InChI is InChI=1S/C7H13F3N2/c1-12-4-2-3-6(12)5-11-7(8,9)10/h6,11H,2-5H2,1H3/t6-/m0/s1. The van der Waals surface area contributed by atoms with E-state index in [1.807, 2.05) is 11.9 Å². The Morgan fingerprint density at radius 1 is 1.50 bits per heavy atom. The summed E-state index contributed by atoms with van der Waals surface area (Å²) in [6.07, 6.45) is -2.37. The van der Waals surface area contributed by atoms with Gasteiger partial charge in [0.15, 0.2) is 0 Å². The molecular formula is C7H13F3N2. The second-order valence-corrected chi connectivity index (χ2v) is 3.16. The maximum absolute atomic E-state index is 11.7. The molecule has 0 bridgehead atoms. The number of nitrogens with one attached hydrogen (secondary N) is 1. The summed E-state index contributed by atoms with van der Waals surface area (Å²) >= 11 is 0. The van der Waals surface area contributed by atoms with Crippen LogP contribution in [0.4, 0.5) is 13.2 Å². The average molecular weight is 182 g/mol. The summed E-state index contributed by atoms with van der Waals surface area (Å²) in [6.45, 7) is 0.921. The van der Waals surface area contributed by atoms with Gasteiger partial charge in [-0.2, -0.15) is 13.2 Å². The molecule has 0 aromatic heterocycles. The van der Waals surface area contributed by atoms with Crippen LogP contribution in [0.2, 0.25) is 0 Å². The highest BCUT2D eigenvalue weighted by Crippen LogP contribution is 2.16. The minimum Gasteiger partial charge on any atom is -0.302 e. The lowest BCUT2D eigenvalue weighted by Gasteiger charge is -2.20. The van der Waals surface area contributed by atoms with Gasteiger partial charge in [0.05, 0.1) is 0 Å². The Morgan fingerprint density at radius 3 is 2.58 bits per heavy atom. The molecule has 2 nitrogen and oxygen atoms in total. The molecule has 0 aromatic rings. The Labute approximate surface area is 69.7 Å². The van der Waals surface area contributed by atoms with Crippen LogP contribution in [0.1, 0.15) is 12.8 Å². The van der Waals surface area contributed by atoms with E-state index in [0.717, 1.165) is 19.4 Å². The van der Waals surface area contributed by atoms with Gasteiger partial charge in [0.2, 0.25) is 0 Å². The fourth-order valence-corrected chi connectivity index (χ4v) is 1.47. The smallest absolute Gasteiger partial charge is 0.302 e. The van der Waals surface area contributed by atoms with Crippen LogP contribution in [-0.4, -0.2) is 37.4 Å². The number of hydrogen-bond donors (Lipinski definition) is 1. The third-order valence-corrected chi connectivity index (χ3v) is 2.21. The fraction of sp³-hybridized carbons (Fsp3) is 1.00. The van der Waals surface area contributed by atoms with Gasteiger partial charge in [0.25, 0.3) is 0 Å². The molecule has 0 aliphatic carbocycles. The first-order chi connectivity index (χ1) is 5.49. The van der Waals surface area contributed by atoms with Gasteiger partial charge in [-0.25, -0.2) is 5.32 Å². The summed E-state index contributed by atoms with van der Waals surface area (Å²) in [7, 11) is 1.86. The van der Waals surface area contributed by atoms with Crippen molar-refractivity contribution in [3.63, 3.8) is 0 Å². The van der Waals surface area contributed by atoms with Gasteiger partial charge in [-0.05, 0) is 26.4 Å². The number of likely N-dealkylation sites (tertiary alicyclic amines) is 1. The van der Waals surface area contributed by atoms with Crippen LogP contribution in [-0.2, 0) is 0 Å². The average Bonchev–Trinajstić information content (AvgIpc) is 2.29. The number of rotatable bonds is 2. The quantitative estimate of drug-likeness (QED) is 0.645. The highest BCUT2D eigenvalue weighted by atomic mass is 19.4. The van der Waals surface area contributed by atoms with Crippen molar-refractivity contribution in [2.75, 3.05) is 20.1 Å². The van der Waals surface area contributed by atoms with Crippen molar-refractivity contribution in [3.05, 3.63) is 0 Å². The molecule has 1 rings (SSSR count). The van der Waals surface area contributed by atoms with Crippen molar-refractivity contribution < 1.29 is 13.2 Å². The first-order valence-corrected chi connectivity index (χ1v) is 4.01. The van der Waals surface area contributed by atoms with E-state index in [-0.39, 0.29) is 12.6 Å². The SMILES string of the molecule is CN1CCC[C@H]1CNC(F)(F)F. The second kappa shape index (κ2) is 3.62. The third-order valence-electron chi connectivity index (χ3n) is 2.21. The second-order valence-electron chi connectivity index (χ2n) is 3.16. The van der Waals surface area contributed by atoms with Crippen molar-refractivity contribution in [2.45, 2.75) is 25.2 Å². The van der Waals surface area contributed by atoms with E-state index in [1.165, 1.54) is 0 Å². The lowest BCUT2D eigenvalue weighted by Crippen LogP contribution is -2.41. The van der Waals surface area contributed by atoms with Crippen LogP contribution in [0.5, 0.6) is 0 Å². The molecule has 72 valence electrons. The van der Waals surface area contributed by atoms with Crippen LogP contribution in [0.25, 0.3) is 0 Å². The van der Waals surface area contributed by atoms with Crippen molar-refractivity contribution in [3.8, 4) is 0 Å². The molecule has 0 amide bonds. The molecule has 1 aliphatic rings. The Morgan fingerprint density at radius 2 is 2.17 bits per heavy atom. The molecule has 0 saturated carbocycles. The Balaban J connectivity index is 2.23. The van der Waals surface area contributed by atoms with Gasteiger partial charge in [0.1, 0.15) is 0 Å². The van der Waals surface area contributed by atoms with Gasteiger partial charge in [0, 0.05) is 12.6 Å². The highest BCUT2D eigenvalue weighted by molar-refractivity contribution is 4.78. The first-order valence-electron chi connectivity index (χ1n) is 4.01. The first kappa shape index (κ1) is 9.80. The topological polar surface area (TPSA) is 15.3 Å². The van der Waals surface area contributed by atoms with E-state index in [1.54, 1.807) is 5.32 Å². The molecule has 1 atom stereocenters. The Kier molecular flexibility index (Phi) is 2.95. The molecule has 1 aliphatic heterocycles. The Hall–Kier alpha value is -0.290. The molecule has 5 heteroatoms. The molecule has 1 saturated heterocycles. The number of hydrogen-bond acceptors (Lipinski definition) is 2. The maximum Gasteiger partial charge on any atom is 0.457 e. The number of halogens is 3. The van der Waals surface area contributed by atoms with E-state index in [9.17, 15) is 13.2 Å².